The molecule has 2 aromatic carbocycles. The third-order valence-corrected chi connectivity index (χ3v) is 8.21. The lowest BCUT2D eigenvalue weighted by atomic mass is 10.2. The predicted octanol–water partition coefficient (Wildman–Crippen LogP) is 2.63. The topological polar surface area (TPSA) is 117 Å². The van der Waals surface area contributed by atoms with E-state index in [-0.39, 0.29) is 5.58 Å². The van der Waals surface area contributed by atoms with Gasteiger partial charge in [-0.2, -0.15) is 0 Å². The van der Waals surface area contributed by atoms with Crippen LogP contribution in [0.1, 0.15) is 5.56 Å². The monoisotopic (exact) mass is 450 g/mol. The van der Waals surface area contributed by atoms with Gasteiger partial charge < -0.3 is 13.9 Å². The van der Waals surface area contributed by atoms with Gasteiger partial charge in [-0.05, 0) is 42.0 Å². The molecule has 1 aromatic heterocycles. The number of methoxy groups -OCH3 is 2. The first kappa shape index (κ1) is 21.6. The zero-order chi connectivity index (χ0) is 21.9. The van der Waals surface area contributed by atoms with Crippen molar-refractivity contribution in [2.24, 2.45) is 0 Å². The van der Waals surface area contributed by atoms with Crippen molar-refractivity contribution >= 4 is 36.7 Å². The normalized spacial score (nSPS) is 12.3. The maximum Gasteiger partial charge on any atom is 0.355 e. The van der Waals surface area contributed by atoms with E-state index in [0.717, 1.165) is 11.5 Å². The third kappa shape index (κ3) is 4.89. The molecule has 0 unspecified atom stereocenters. The van der Waals surface area contributed by atoms with Crippen LogP contribution >= 0.6 is 0 Å². The van der Waals surface area contributed by atoms with Gasteiger partial charge in [-0.15, -0.1) is 0 Å². The molecule has 10 heteroatoms. The summed E-state index contributed by atoms with van der Waals surface area (Å²) in [6.07, 6.45) is 1.26. The van der Waals surface area contributed by atoms with Crippen molar-refractivity contribution in [3.05, 3.63) is 69.9 Å². The van der Waals surface area contributed by atoms with E-state index in [4.69, 9.17) is 13.9 Å². The molecule has 158 valence electrons. The van der Waals surface area contributed by atoms with E-state index in [1.54, 1.807) is 30.3 Å². The fourth-order valence-corrected chi connectivity index (χ4v) is 6.15. The first-order chi connectivity index (χ1) is 14.1. The predicted molar refractivity (Wildman–Crippen MR) is 112 cm³/mol. The molecule has 0 radical (unpaired) electrons. The maximum atomic E-state index is 12.6. The van der Waals surface area contributed by atoms with Crippen molar-refractivity contribution in [2.75, 3.05) is 19.3 Å². The van der Waals surface area contributed by atoms with Gasteiger partial charge in [0.05, 0.1) is 14.2 Å². The summed E-state index contributed by atoms with van der Waals surface area (Å²) >= 11 is 0. The molecule has 30 heavy (non-hydrogen) atoms. The molecule has 0 atom stereocenters. The molecule has 0 N–H and O–H groups in total. The Bertz CT molecular complexity index is 1370. The summed E-state index contributed by atoms with van der Waals surface area (Å²) in [6, 6.07) is 12.1. The van der Waals surface area contributed by atoms with Gasteiger partial charge in [0.2, 0.25) is 0 Å². The second-order valence-electron chi connectivity index (χ2n) is 6.27. The van der Waals surface area contributed by atoms with Crippen LogP contribution in [-0.2, 0) is 19.7 Å². The molecule has 0 bridgehead atoms. The van der Waals surface area contributed by atoms with Crippen LogP contribution in [0.5, 0.6) is 11.5 Å². The molecule has 0 spiro atoms. The highest BCUT2D eigenvalue weighted by Gasteiger charge is 2.27. The van der Waals surface area contributed by atoms with Crippen LogP contribution in [0.15, 0.2) is 68.0 Å². The Morgan fingerprint density at radius 1 is 0.900 bits per heavy atom. The fourth-order valence-electron chi connectivity index (χ4n) is 2.63. The quantitative estimate of drug-likeness (QED) is 0.504. The molecule has 0 saturated heterocycles. The van der Waals surface area contributed by atoms with E-state index in [1.165, 1.54) is 32.4 Å². The highest BCUT2D eigenvalue weighted by molar-refractivity contribution is 8.09. The van der Waals surface area contributed by atoms with Crippen molar-refractivity contribution in [1.29, 1.82) is 0 Å². The number of fused-ring (bicyclic) bond motifs is 1. The van der Waals surface area contributed by atoms with Gasteiger partial charge in [0.1, 0.15) is 17.1 Å². The average molecular weight is 450 g/mol. The molecule has 1 heterocycles. The molecular weight excluding hydrogens is 432 g/mol. The Morgan fingerprint density at radius 2 is 1.53 bits per heavy atom. The highest BCUT2D eigenvalue weighted by Crippen LogP contribution is 2.22. The lowest BCUT2D eigenvalue weighted by Crippen LogP contribution is -2.21. The fraction of sp³-hybridized carbons (Fsp3) is 0.150. The smallest absolute Gasteiger partial charge is 0.355 e. The molecule has 0 amide bonds. The first-order valence-electron chi connectivity index (χ1n) is 8.53. The standard InChI is InChI=1S/C20H18O8S2/c1-26-16-6-3-14(4-7-16)9-10-29(22,23)13-30(24,25)19-11-15-5-8-17(27-2)12-18(15)28-20(19)21/h3-12H,13H2,1-2H3/b10-9+. The Balaban J connectivity index is 1.90. The van der Waals surface area contributed by atoms with Gasteiger partial charge in [-0.25, -0.2) is 21.6 Å². The molecule has 0 aliphatic heterocycles. The number of sulfone groups is 2. The summed E-state index contributed by atoms with van der Waals surface area (Å²) in [6.45, 7) is 0. The second-order valence-corrected chi connectivity index (χ2v) is 10.5. The molecule has 0 fully saturated rings. The van der Waals surface area contributed by atoms with Crippen molar-refractivity contribution in [1.82, 2.24) is 0 Å². The van der Waals surface area contributed by atoms with Crippen molar-refractivity contribution in [3.63, 3.8) is 0 Å². The summed E-state index contributed by atoms with van der Waals surface area (Å²) in [4.78, 5) is 11.5. The summed E-state index contributed by atoms with van der Waals surface area (Å²) in [5, 5.41) is -0.154. The van der Waals surface area contributed by atoms with Crippen LogP contribution < -0.4 is 15.1 Å². The second kappa shape index (κ2) is 8.33. The SMILES string of the molecule is COc1ccc(/C=C/S(=O)(=O)CS(=O)(=O)c2cc3ccc(OC)cc3oc2=O)cc1. The van der Waals surface area contributed by atoms with Crippen LogP contribution in [0, 0.1) is 0 Å². The average Bonchev–Trinajstić information content (AvgIpc) is 2.70. The minimum Gasteiger partial charge on any atom is -0.497 e. The van der Waals surface area contributed by atoms with E-state index in [2.05, 4.69) is 0 Å². The van der Waals surface area contributed by atoms with E-state index in [1.807, 2.05) is 0 Å². The van der Waals surface area contributed by atoms with E-state index in [9.17, 15) is 21.6 Å². The van der Waals surface area contributed by atoms with Crippen LogP contribution in [0.4, 0.5) is 0 Å². The van der Waals surface area contributed by atoms with Crippen molar-refractivity contribution < 1.29 is 30.7 Å². The minimum atomic E-state index is -4.47. The van der Waals surface area contributed by atoms with Crippen LogP contribution in [-0.4, -0.2) is 36.1 Å². The van der Waals surface area contributed by atoms with Gasteiger partial charge in [-0.3, -0.25) is 0 Å². The van der Waals surface area contributed by atoms with Gasteiger partial charge >= 0.3 is 5.63 Å². The Morgan fingerprint density at radius 3 is 2.17 bits per heavy atom. The summed E-state index contributed by atoms with van der Waals surface area (Å²) in [5.74, 6) is 1.02. The third-order valence-electron chi connectivity index (χ3n) is 4.15. The molecule has 3 rings (SSSR count). The first-order valence-corrected chi connectivity index (χ1v) is 11.9. The summed E-state index contributed by atoms with van der Waals surface area (Å²) in [5.41, 5.74) is -0.485. The molecule has 8 nitrogen and oxygen atoms in total. The van der Waals surface area contributed by atoms with Crippen LogP contribution in [0.3, 0.4) is 0 Å². The summed E-state index contributed by atoms with van der Waals surface area (Å²) < 4.78 is 65.0. The Kier molecular flexibility index (Phi) is 5.99. The summed E-state index contributed by atoms with van der Waals surface area (Å²) in [7, 11) is -5.72. The zero-order valence-electron chi connectivity index (χ0n) is 16.1. The van der Waals surface area contributed by atoms with Gasteiger partial charge in [0, 0.05) is 16.9 Å². The van der Waals surface area contributed by atoms with Gasteiger partial charge in [0.15, 0.2) is 29.7 Å². The number of rotatable bonds is 7. The van der Waals surface area contributed by atoms with Crippen molar-refractivity contribution in [3.8, 4) is 11.5 Å². The molecule has 0 saturated carbocycles. The highest BCUT2D eigenvalue weighted by atomic mass is 32.3. The van der Waals surface area contributed by atoms with E-state index < -0.39 is 35.3 Å². The zero-order valence-corrected chi connectivity index (χ0v) is 17.7. The number of benzene rings is 2. The lowest BCUT2D eigenvalue weighted by Gasteiger charge is -2.05. The Labute approximate surface area is 173 Å². The molecule has 0 aliphatic rings. The van der Waals surface area contributed by atoms with Crippen molar-refractivity contribution in [2.45, 2.75) is 4.90 Å². The lowest BCUT2D eigenvalue weighted by molar-refractivity contribution is 0.414. The maximum absolute atomic E-state index is 12.6. The van der Waals surface area contributed by atoms with Crippen LogP contribution in [0.25, 0.3) is 17.0 Å². The minimum absolute atomic E-state index is 0.126. The largest absolute Gasteiger partial charge is 0.497 e. The number of ether oxygens (including phenoxy) is 2. The molecule has 3 aromatic rings. The van der Waals surface area contributed by atoms with Crippen LogP contribution in [0.2, 0.25) is 0 Å². The number of hydrogen-bond acceptors (Lipinski definition) is 8. The Hall–Kier alpha value is -3.11. The number of hydrogen-bond donors (Lipinski definition) is 0. The molecular formula is C20H18O8S2. The molecule has 0 aliphatic carbocycles. The van der Waals surface area contributed by atoms with E-state index in [0.29, 0.717) is 22.4 Å². The van der Waals surface area contributed by atoms with Gasteiger partial charge in [0.25, 0.3) is 0 Å². The van der Waals surface area contributed by atoms with Gasteiger partial charge in [-0.1, -0.05) is 12.1 Å². The van der Waals surface area contributed by atoms with E-state index >= 15 is 0 Å².